The molecule has 0 atom stereocenters. The third-order valence-electron chi connectivity index (χ3n) is 5.58. The Morgan fingerprint density at radius 1 is 1.06 bits per heavy atom. The third kappa shape index (κ3) is 4.56. The number of sulfonamides is 1. The fourth-order valence-corrected chi connectivity index (χ4v) is 5.68. The van der Waals surface area contributed by atoms with Crippen LogP contribution in [0.5, 0.6) is 0 Å². The molecule has 1 fully saturated rings. The number of benzene rings is 2. The first-order valence-corrected chi connectivity index (χ1v) is 12.5. The van der Waals surface area contributed by atoms with E-state index in [0.717, 1.165) is 4.47 Å². The smallest absolute Gasteiger partial charge is 0.262 e. The molecule has 0 aliphatic carbocycles. The van der Waals surface area contributed by atoms with Gasteiger partial charge in [-0.05, 0) is 36.4 Å². The summed E-state index contributed by atoms with van der Waals surface area (Å²) in [4.78, 5) is 19.8. The summed E-state index contributed by atoms with van der Waals surface area (Å²) in [6, 6.07) is 12.0. The predicted molar refractivity (Wildman–Crippen MR) is 125 cm³/mol. The molecule has 164 valence electrons. The Morgan fingerprint density at radius 3 is 2.42 bits per heavy atom. The average molecular weight is 526 g/mol. The minimum atomic E-state index is -3.49. The van der Waals surface area contributed by atoms with E-state index in [1.165, 1.54) is 4.31 Å². The fraction of sp³-hybridized carbons (Fsp3) is 0.333. The van der Waals surface area contributed by atoms with Crippen LogP contribution in [0.3, 0.4) is 0 Å². The second-order valence-corrected chi connectivity index (χ2v) is 10.7. The summed E-state index contributed by atoms with van der Waals surface area (Å²) in [6.07, 6.45) is 0.591. The molecule has 2 heterocycles. The highest BCUT2D eigenvalue weighted by atomic mass is 79.9. The summed E-state index contributed by atoms with van der Waals surface area (Å²) < 4.78 is 29.6. The highest BCUT2D eigenvalue weighted by Crippen LogP contribution is 2.21. The Kier molecular flexibility index (Phi) is 6.50. The first kappa shape index (κ1) is 22.4. The number of hydrogen-bond donors (Lipinski definition) is 0. The molecule has 10 heteroatoms. The minimum absolute atomic E-state index is 0.156. The van der Waals surface area contributed by atoms with Crippen molar-refractivity contribution in [3.8, 4) is 0 Å². The lowest BCUT2D eigenvalue weighted by Gasteiger charge is -2.34. The lowest BCUT2D eigenvalue weighted by molar-refractivity contribution is 0.189. The molecule has 0 unspecified atom stereocenters. The van der Waals surface area contributed by atoms with Gasteiger partial charge in [0.1, 0.15) is 5.82 Å². The zero-order valence-electron chi connectivity index (χ0n) is 17.0. The Bertz CT molecular complexity index is 1270. The summed E-state index contributed by atoms with van der Waals surface area (Å²) in [5.74, 6) is 0.685. The molecule has 31 heavy (non-hydrogen) atoms. The quantitative estimate of drug-likeness (QED) is 0.512. The summed E-state index contributed by atoms with van der Waals surface area (Å²) in [7, 11) is -1.79. The Labute approximate surface area is 194 Å². The zero-order chi connectivity index (χ0) is 22.2. The first-order valence-electron chi connectivity index (χ1n) is 9.89. The van der Waals surface area contributed by atoms with Crippen LogP contribution in [0.25, 0.3) is 10.9 Å². The van der Waals surface area contributed by atoms with Crippen molar-refractivity contribution in [2.45, 2.75) is 11.3 Å². The number of halogens is 2. The van der Waals surface area contributed by atoms with Crippen LogP contribution in [-0.2, 0) is 23.5 Å². The van der Waals surface area contributed by atoms with Crippen LogP contribution >= 0.6 is 27.5 Å². The van der Waals surface area contributed by atoms with Crippen molar-refractivity contribution >= 4 is 48.5 Å². The van der Waals surface area contributed by atoms with Gasteiger partial charge in [-0.1, -0.05) is 33.6 Å². The van der Waals surface area contributed by atoms with Gasteiger partial charge in [0.05, 0.1) is 20.8 Å². The topological polar surface area (TPSA) is 75.5 Å². The summed E-state index contributed by atoms with van der Waals surface area (Å²) >= 11 is 9.50. The van der Waals surface area contributed by atoms with Crippen molar-refractivity contribution in [1.29, 1.82) is 0 Å². The van der Waals surface area contributed by atoms with Gasteiger partial charge < -0.3 is 4.90 Å². The van der Waals surface area contributed by atoms with Crippen LogP contribution in [0.4, 0.5) is 0 Å². The van der Waals surface area contributed by atoms with Crippen molar-refractivity contribution in [3.63, 3.8) is 0 Å². The van der Waals surface area contributed by atoms with Gasteiger partial charge in [-0.2, -0.15) is 4.31 Å². The maximum Gasteiger partial charge on any atom is 0.262 e. The van der Waals surface area contributed by atoms with E-state index < -0.39 is 10.0 Å². The van der Waals surface area contributed by atoms with Crippen LogP contribution in [0, 0.1) is 0 Å². The van der Waals surface area contributed by atoms with Gasteiger partial charge >= 0.3 is 0 Å². The van der Waals surface area contributed by atoms with E-state index in [-0.39, 0.29) is 5.56 Å². The molecule has 0 amide bonds. The standard InChI is InChI=1S/C21H22BrClN4O3S/c1-25-19(24-18-4-2-3-17(23)20(18)21(25)28)9-10-26-11-13-27(14-12-26)31(29,30)16-7-5-15(22)6-8-16/h2-8H,9-14H2,1H3. The molecule has 2 aromatic carbocycles. The molecule has 0 spiro atoms. The van der Waals surface area contributed by atoms with Gasteiger partial charge in [0, 0.05) is 50.7 Å². The van der Waals surface area contributed by atoms with Gasteiger partial charge in [0.2, 0.25) is 10.0 Å². The largest absolute Gasteiger partial charge is 0.300 e. The van der Waals surface area contributed by atoms with Gasteiger partial charge in [-0.15, -0.1) is 0 Å². The molecule has 4 rings (SSSR count). The number of rotatable bonds is 5. The number of aromatic nitrogens is 2. The van der Waals surface area contributed by atoms with Gasteiger partial charge in [-0.25, -0.2) is 13.4 Å². The fourth-order valence-electron chi connectivity index (χ4n) is 3.75. The highest BCUT2D eigenvalue weighted by molar-refractivity contribution is 9.10. The second-order valence-electron chi connectivity index (χ2n) is 7.48. The van der Waals surface area contributed by atoms with Crippen molar-refractivity contribution < 1.29 is 8.42 Å². The Balaban J connectivity index is 1.41. The highest BCUT2D eigenvalue weighted by Gasteiger charge is 2.28. The van der Waals surface area contributed by atoms with E-state index in [4.69, 9.17) is 11.6 Å². The van der Waals surface area contributed by atoms with Crippen LogP contribution in [0.15, 0.2) is 56.6 Å². The number of piperazine rings is 1. The monoisotopic (exact) mass is 524 g/mol. The molecule has 0 radical (unpaired) electrons. The van der Waals surface area contributed by atoms with Crippen molar-refractivity contribution in [2.75, 3.05) is 32.7 Å². The number of fused-ring (bicyclic) bond motifs is 1. The zero-order valence-corrected chi connectivity index (χ0v) is 20.1. The molecule has 0 saturated carbocycles. The maximum atomic E-state index is 12.9. The maximum absolute atomic E-state index is 12.9. The van der Waals surface area contributed by atoms with Crippen LogP contribution in [-0.4, -0.2) is 59.9 Å². The Hall–Kier alpha value is -1.78. The first-order chi connectivity index (χ1) is 14.8. The molecule has 1 saturated heterocycles. The van der Waals surface area contributed by atoms with Crippen LogP contribution < -0.4 is 5.56 Å². The summed E-state index contributed by atoms with van der Waals surface area (Å²) in [6.45, 7) is 2.81. The Morgan fingerprint density at radius 2 is 1.74 bits per heavy atom. The normalized spacial score (nSPS) is 16.1. The van der Waals surface area contributed by atoms with E-state index in [0.29, 0.717) is 65.8 Å². The third-order valence-corrected chi connectivity index (χ3v) is 8.34. The van der Waals surface area contributed by atoms with E-state index in [1.54, 1.807) is 54.1 Å². The van der Waals surface area contributed by atoms with E-state index >= 15 is 0 Å². The van der Waals surface area contributed by atoms with Crippen molar-refractivity contribution in [3.05, 3.63) is 68.1 Å². The van der Waals surface area contributed by atoms with E-state index in [2.05, 4.69) is 25.8 Å². The van der Waals surface area contributed by atoms with Crippen molar-refractivity contribution in [2.24, 2.45) is 7.05 Å². The molecule has 1 aliphatic rings. The molecule has 3 aromatic rings. The van der Waals surface area contributed by atoms with Gasteiger partial charge in [-0.3, -0.25) is 9.36 Å². The van der Waals surface area contributed by atoms with Crippen molar-refractivity contribution in [1.82, 2.24) is 18.8 Å². The number of nitrogens with zero attached hydrogens (tertiary/aromatic N) is 4. The summed E-state index contributed by atoms with van der Waals surface area (Å²) in [5, 5.41) is 0.836. The number of hydrogen-bond acceptors (Lipinski definition) is 5. The molecular formula is C21H22BrClN4O3S. The molecule has 7 nitrogen and oxygen atoms in total. The molecule has 0 bridgehead atoms. The lowest BCUT2D eigenvalue weighted by atomic mass is 10.2. The summed E-state index contributed by atoms with van der Waals surface area (Å²) in [5.41, 5.74) is 0.437. The SMILES string of the molecule is Cn1c(CCN2CCN(S(=O)(=O)c3ccc(Br)cc3)CC2)nc2cccc(Cl)c2c1=O. The van der Waals surface area contributed by atoms with Crippen LogP contribution in [0.1, 0.15) is 5.82 Å². The molecule has 1 aliphatic heterocycles. The van der Waals surface area contributed by atoms with Gasteiger partial charge in [0.15, 0.2) is 0 Å². The average Bonchev–Trinajstić information content (AvgIpc) is 2.76. The minimum Gasteiger partial charge on any atom is -0.300 e. The predicted octanol–water partition coefficient (Wildman–Crippen LogP) is 2.90. The van der Waals surface area contributed by atoms with E-state index in [1.807, 2.05) is 0 Å². The van der Waals surface area contributed by atoms with E-state index in [9.17, 15) is 13.2 Å². The lowest BCUT2D eigenvalue weighted by Crippen LogP contribution is -2.49. The van der Waals surface area contributed by atoms with Gasteiger partial charge in [0.25, 0.3) is 5.56 Å². The van der Waals surface area contributed by atoms with Crippen LogP contribution in [0.2, 0.25) is 5.02 Å². The molecule has 0 N–H and O–H groups in total. The second kappa shape index (κ2) is 8.99. The molecule has 1 aromatic heterocycles. The molecular weight excluding hydrogens is 504 g/mol.